The SMILES string of the molecule is O=c1n(Cc2ccncc2-c2ncc[nH]2)cc(O)n1-c1ccc(S(=O)(=O)C(F)(F)F)cc1. The zero-order valence-corrected chi connectivity index (χ0v) is 16.8. The van der Waals surface area contributed by atoms with Crippen LogP contribution in [-0.2, 0) is 16.4 Å². The van der Waals surface area contributed by atoms with Gasteiger partial charge in [-0.1, -0.05) is 0 Å². The molecular weight excluding hydrogens is 451 g/mol. The van der Waals surface area contributed by atoms with Gasteiger partial charge in [0.15, 0.2) is 0 Å². The Morgan fingerprint density at radius 2 is 1.81 bits per heavy atom. The number of aromatic nitrogens is 5. The highest BCUT2D eigenvalue weighted by molar-refractivity contribution is 7.92. The first-order valence-corrected chi connectivity index (χ1v) is 10.4. The van der Waals surface area contributed by atoms with Crippen LogP contribution in [0.2, 0.25) is 0 Å². The molecule has 9 nitrogen and oxygen atoms in total. The van der Waals surface area contributed by atoms with Gasteiger partial charge in [0, 0.05) is 30.4 Å². The number of benzene rings is 1. The summed E-state index contributed by atoms with van der Waals surface area (Å²) in [5.41, 5.74) is -4.84. The van der Waals surface area contributed by atoms with E-state index in [1.54, 1.807) is 24.7 Å². The molecule has 0 aliphatic heterocycles. The van der Waals surface area contributed by atoms with Crippen molar-refractivity contribution in [3.05, 3.63) is 77.4 Å². The lowest BCUT2D eigenvalue weighted by Crippen LogP contribution is -2.24. The number of sulfone groups is 1. The molecule has 0 aliphatic rings. The first-order chi connectivity index (χ1) is 15.1. The van der Waals surface area contributed by atoms with E-state index in [0.29, 0.717) is 17.0 Å². The van der Waals surface area contributed by atoms with Crippen molar-refractivity contribution < 1.29 is 26.7 Å². The molecule has 0 atom stereocenters. The Kier molecular flexibility index (Phi) is 5.12. The number of aromatic hydroxyl groups is 1. The minimum Gasteiger partial charge on any atom is -0.493 e. The topological polar surface area (TPSA) is 123 Å². The number of nitrogens with zero attached hydrogens (tertiary/aromatic N) is 4. The van der Waals surface area contributed by atoms with E-state index in [4.69, 9.17) is 0 Å². The zero-order valence-electron chi connectivity index (χ0n) is 16.0. The van der Waals surface area contributed by atoms with E-state index in [9.17, 15) is 31.5 Å². The molecule has 13 heteroatoms. The Hall–Kier alpha value is -3.87. The van der Waals surface area contributed by atoms with Crippen LogP contribution >= 0.6 is 0 Å². The number of hydrogen-bond donors (Lipinski definition) is 2. The van der Waals surface area contributed by atoms with E-state index in [1.807, 2.05) is 0 Å². The average molecular weight is 465 g/mol. The van der Waals surface area contributed by atoms with Crippen LogP contribution in [0, 0.1) is 0 Å². The zero-order chi connectivity index (χ0) is 23.1. The van der Waals surface area contributed by atoms with E-state index in [2.05, 4.69) is 15.0 Å². The molecule has 0 saturated heterocycles. The van der Waals surface area contributed by atoms with Gasteiger partial charge in [-0.3, -0.25) is 9.55 Å². The normalized spacial score (nSPS) is 12.2. The highest BCUT2D eigenvalue weighted by Gasteiger charge is 2.46. The monoisotopic (exact) mass is 465 g/mol. The quantitative estimate of drug-likeness (QED) is 0.467. The molecule has 32 heavy (non-hydrogen) atoms. The molecule has 3 heterocycles. The van der Waals surface area contributed by atoms with Crippen molar-refractivity contribution in [1.82, 2.24) is 24.1 Å². The van der Waals surface area contributed by atoms with Crippen LogP contribution in [0.1, 0.15) is 5.56 Å². The Bertz CT molecular complexity index is 1420. The molecule has 0 saturated carbocycles. The Labute approximate surface area is 178 Å². The first-order valence-electron chi connectivity index (χ1n) is 8.95. The molecule has 0 aliphatic carbocycles. The second-order valence-electron chi connectivity index (χ2n) is 6.65. The smallest absolute Gasteiger partial charge is 0.493 e. The largest absolute Gasteiger partial charge is 0.501 e. The van der Waals surface area contributed by atoms with Gasteiger partial charge in [-0.15, -0.1) is 0 Å². The van der Waals surface area contributed by atoms with Gasteiger partial charge in [0.05, 0.1) is 23.3 Å². The maximum atomic E-state index is 12.9. The maximum Gasteiger partial charge on any atom is 0.501 e. The summed E-state index contributed by atoms with van der Waals surface area (Å²) in [6.45, 7) is 0.0402. The van der Waals surface area contributed by atoms with Crippen LogP contribution < -0.4 is 5.69 Å². The van der Waals surface area contributed by atoms with Crippen LogP contribution in [-0.4, -0.2) is 43.1 Å². The summed E-state index contributed by atoms with van der Waals surface area (Å²) in [6, 6.07) is 5.13. The molecule has 0 spiro atoms. The summed E-state index contributed by atoms with van der Waals surface area (Å²) in [7, 11) is -5.53. The number of imidazole rings is 2. The van der Waals surface area contributed by atoms with Crippen molar-refractivity contribution >= 4 is 9.84 Å². The number of nitrogens with one attached hydrogen (secondary N) is 1. The number of pyridine rings is 1. The lowest BCUT2D eigenvalue weighted by molar-refractivity contribution is -0.0436. The van der Waals surface area contributed by atoms with Crippen molar-refractivity contribution in [2.45, 2.75) is 16.9 Å². The number of rotatable bonds is 5. The number of hydrogen-bond acceptors (Lipinski definition) is 6. The number of H-pyrrole nitrogens is 1. The van der Waals surface area contributed by atoms with Gasteiger partial charge in [0.25, 0.3) is 9.84 Å². The fraction of sp³-hybridized carbons (Fsp3) is 0.105. The minimum atomic E-state index is -5.53. The van der Waals surface area contributed by atoms with E-state index >= 15 is 0 Å². The van der Waals surface area contributed by atoms with Crippen LogP contribution in [0.4, 0.5) is 13.2 Å². The summed E-state index contributed by atoms with van der Waals surface area (Å²) in [6.07, 6.45) is 7.45. The van der Waals surface area contributed by atoms with Crippen molar-refractivity contribution in [2.24, 2.45) is 0 Å². The summed E-state index contributed by atoms with van der Waals surface area (Å²) in [4.78, 5) is 23.0. The molecule has 1 aromatic carbocycles. The molecule has 166 valence electrons. The number of halogens is 3. The van der Waals surface area contributed by atoms with Crippen molar-refractivity contribution in [1.29, 1.82) is 0 Å². The fourth-order valence-corrected chi connectivity index (χ4v) is 3.87. The predicted octanol–water partition coefficient (Wildman–Crippen LogP) is 2.47. The lowest BCUT2D eigenvalue weighted by Gasteiger charge is -2.09. The molecule has 0 fully saturated rings. The van der Waals surface area contributed by atoms with Gasteiger partial charge in [0.1, 0.15) is 5.82 Å². The highest BCUT2D eigenvalue weighted by Crippen LogP contribution is 2.30. The summed E-state index contributed by atoms with van der Waals surface area (Å²) in [5.74, 6) is 0.0568. The van der Waals surface area contributed by atoms with E-state index in [1.165, 1.54) is 10.8 Å². The Morgan fingerprint density at radius 1 is 1.09 bits per heavy atom. The summed E-state index contributed by atoms with van der Waals surface area (Å²) < 4.78 is 63.2. The Balaban J connectivity index is 1.69. The van der Waals surface area contributed by atoms with Crippen LogP contribution in [0.5, 0.6) is 5.88 Å². The van der Waals surface area contributed by atoms with Gasteiger partial charge in [-0.05, 0) is 35.9 Å². The fourth-order valence-electron chi connectivity index (χ4n) is 3.11. The van der Waals surface area contributed by atoms with Crippen LogP contribution in [0.25, 0.3) is 17.1 Å². The summed E-state index contributed by atoms with van der Waals surface area (Å²) in [5, 5.41) is 10.3. The minimum absolute atomic E-state index is 0.00615. The van der Waals surface area contributed by atoms with Crippen LogP contribution in [0.3, 0.4) is 0 Å². The van der Waals surface area contributed by atoms with Crippen LogP contribution in [0.15, 0.2) is 71.0 Å². The average Bonchev–Trinajstić information content (AvgIpc) is 3.36. The van der Waals surface area contributed by atoms with Gasteiger partial charge < -0.3 is 10.1 Å². The predicted molar refractivity (Wildman–Crippen MR) is 106 cm³/mol. The molecule has 0 radical (unpaired) electrons. The van der Waals surface area contributed by atoms with Gasteiger partial charge in [-0.25, -0.2) is 22.8 Å². The van der Waals surface area contributed by atoms with E-state index in [-0.39, 0.29) is 12.2 Å². The molecular formula is C19H14F3N5O4S. The third-order valence-corrected chi connectivity index (χ3v) is 6.15. The van der Waals surface area contributed by atoms with Gasteiger partial charge >= 0.3 is 11.2 Å². The number of aromatic amines is 1. The molecule has 4 aromatic rings. The lowest BCUT2D eigenvalue weighted by atomic mass is 10.1. The molecule has 4 rings (SSSR count). The molecule has 0 bridgehead atoms. The first kappa shape index (κ1) is 21.4. The van der Waals surface area contributed by atoms with E-state index < -0.39 is 31.8 Å². The molecule has 2 N–H and O–H groups in total. The third kappa shape index (κ3) is 3.66. The third-order valence-electron chi connectivity index (χ3n) is 4.65. The van der Waals surface area contributed by atoms with Crippen molar-refractivity contribution in [3.8, 4) is 23.0 Å². The maximum absolute atomic E-state index is 12.9. The summed E-state index contributed by atoms with van der Waals surface area (Å²) >= 11 is 0. The number of alkyl halides is 3. The molecule has 0 unspecified atom stereocenters. The van der Waals surface area contributed by atoms with Crippen molar-refractivity contribution in [2.75, 3.05) is 0 Å². The second-order valence-corrected chi connectivity index (χ2v) is 8.59. The molecule has 0 amide bonds. The standard InChI is InChI=1S/C19H14F3N5O4S/c20-19(21,22)32(30,31)14-3-1-13(2-4-14)27-16(28)11-26(18(27)29)10-12-5-6-23-9-15(12)17-24-7-8-25-17/h1-9,11,28H,10H2,(H,24,25). The second kappa shape index (κ2) is 7.67. The van der Waals surface area contributed by atoms with Gasteiger partial charge in [-0.2, -0.15) is 13.2 Å². The Morgan fingerprint density at radius 3 is 2.44 bits per heavy atom. The van der Waals surface area contributed by atoms with Gasteiger partial charge in [0.2, 0.25) is 5.88 Å². The van der Waals surface area contributed by atoms with Crippen molar-refractivity contribution in [3.63, 3.8) is 0 Å². The highest BCUT2D eigenvalue weighted by atomic mass is 32.2. The molecule has 3 aromatic heterocycles. The van der Waals surface area contributed by atoms with E-state index in [0.717, 1.165) is 35.0 Å².